The van der Waals surface area contributed by atoms with Gasteiger partial charge in [0.2, 0.25) is 0 Å². The Hall–Kier alpha value is -1.58. The highest BCUT2D eigenvalue weighted by molar-refractivity contribution is 5.96. The van der Waals surface area contributed by atoms with Crippen LogP contribution in [0.5, 0.6) is 0 Å². The van der Waals surface area contributed by atoms with E-state index in [1.807, 2.05) is 0 Å². The molecule has 0 saturated heterocycles. The van der Waals surface area contributed by atoms with E-state index >= 15 is 0 Å². The molecule has 0 bridgehead atoms. The molecule has 2 N–H and O–H groups in total. The monoisotopic (exact) mass is 196 g/mol. The normalized spacial score (nSPS) is 10.1. The number of carboxylic acid groups (broad SMARTS) is 1. The van der Waals surface area contributed by atoms with E-state index < -0.39 is 5.97 Å². The number of carboxylic acids is 1. The van der Waals surface area contributed by atoms with Crippen LogP contribution in [0.2, 0.25) is 0 Å². The second-order valence-electron chi connectivity index (χ2n) is 3.26. The molecule has 0 aliphatic heterocycles. The Labute approximate surface area is 81.9 Å². The molecule has 0 aliphatic rings. The average Bonchev–Trinajstić information content (AvgIpc) is 2.43. The molecule has 1 rings (SSSR count). The minimum atomic E-state index is -0.849. The number of hydrogen-bond donors (Lipinski definition) is 2. The topological polar surface area (TPSA) is 70.2 Å². The zero-order chi connectivity index (χ0) is 10.7. The van der Waals surface area contributed by atoms with E-state index in [1.165, 1.54) is 6.92 Å². The van der Waals surface area contributed by atoms with Crippen LogP contribution < -0.4 is 0 Å². The van der Waals surface area contributed by atoms with Gasteiger partial charge in [0.15, 0.2) is 5.78 Å². The van der Waals surface area contributed by atoms with Gasteiger partial charge in [-0.3, -0.25) is 9.59 Å². The van der Waals surface area contributed by atoms with Gasteiger partial charge in [0.25, 0.3) is 0 Å². The van der Waals surface area contributed by atoms with Crippen LogP contribution in [0.25, 0.3) is 0 Å². The van der Waals surface area contributed by atoms with E-state index in [-0.39, 0.29) is 12.2 Å². The fourth-order valence-electron chi connectivity index (χ4n) is 1.51. The number of rotatable bonds is 4. The molecular weight excluding hydrogens is 183 g/mol. The number of aryl methyl sites for hydroxylation is 2. The molecule has 1 aromatic heterocycles. The molecule has 4 heteroatoms. The van der Waals surface area contributed by atoms with Crippen LogP contribution in [-0.4, -0.2) is 21.8 Å². The minimum Gasteiger partial charge on any atom is -0.481 e. The van der Waals surface area contributed by atoms with Crippen molar-refractivity contribution in [2.24, 2.45) is 0 Å². The fraction of sp³-hybridized carbons (Fsp3) is 0.400. The number of ketones is 1. The number of H-pyrrole nitrogens is 1. The maximum absolute atomic E-state index is 11.2. The van der Waals surface area contributed by atoms with E-state index in [0.29, 0.717) is 12.0 Å². The maximum atomic E-state index is 11.2. The van der Waals surface area contributed by atoms with Crippen LogP contribution in [0.3, 0.4) is 0 Å². The second-order valence-corrected chi connectivity index (χ2v) is 3.26. The van der Waals surface area contributed by atoms with Gasteiger partial charge in [-0.2, -0.15) is 0 Å². The molecule has 0 spiro atoms. The van der Waals surface area contributed by atoms with Crippen molar-refractivity contribution >= 4 is 11.8 Å². The lowest BCUT2D eigenvalue weighted by molar-refractivity contribution is -0.136. The lowest BCUT2D eigenvalue weighted by Gasteiger charge is -1.99. The lowest BCUT2D eigenvalue weighted by Crippen LogP contribution is -2.02. The van der Waals surface area contributed by atoms with E-state index in [0.717, 1.165) is 11.3 Å². The number of hydrogen-bond acceptors (Lipinski definition) is 2. The molecule has 76 valence electrons. The zero-order valence-electron chi connectivity index (χ0n) is 8.26. The summed E-state index contributed by atoms with van der Waals surface area (Å²) in [5.41, 5.74) is 2.22. The van der Waals surface area contributed by atoms with E-state index in [4.69, 9.17) is 5.11 Å². The molecule has 0 amide bonds. The SMILES string of the molecule is CC(=O)c1c(CCC(=O)O)c[15nH]c1C. The summed E-state index contributed by atoms with van der Waals surface area (Å²) in [6.07, 6.45) is 2.15. The third-order valence-corrected chi connectivity index (χ3v) is 2.12. The number of aliphatic carboxylic acids is 1. The summed E-state index contributed by atoms with van der Waals surface area (Å²) >= 11 is 0. The van der Waals surface area contributed by atoms with Gasteiger partial charge in [-0.05, 0) is 25.8 Å². The summed E-state index contributed by atoms with van der Waals surface area (Å²) in [7, 11) is 0. The van der Waals surface area contributed by atoms with Crippen molar-refractivity contribution < 1.29 is 14.7 Å². The Morgan fingerprint density at radius 1 is 1.50 bits per heavy atom. The van der Waals surface area contributed by atoms with Crippen molar-refractivity contribution in [1.82, 2.24) is 4.98 Å². The Balaban J connectivity index is 2.86. The molecule has 0 unspecified atom stereocenters. The van der Waals surface area contributed by atoms with Crippen LogP contribution in [0.15, 0.2) is 6.20 Å². The molecule has 0 radical (unpaired) electrons. The van der Waals surface area contributed by atoms with Crippen LogP contribution in [0, 0.1) is 6.92 Å². The van der Waals surface area contributed by atoms with Crippen molar-refractivity contribution in [3.05, 3.63) is 23.0 Å². The van der Waals surface area contributed by atoms with Gasteiger partial charge in [0.1, 0.15) is 0 Å². The first kappa shape index (κ1) is 10.5. The Kier molecular flexibility index (Phi) is 3.06. The highest BCUT2D eigenvalue weighted by Crippen LogP contribution is 2.15. The molecule has 1 aromatic rings. The van der Waals surface area contributed by atoms with Gasteiger partial charge in [0, 0.05) is 23.9 Å². The van der Waals surface area contributed by atoms with Gasteiger partial charge in [-0.1, -0.05) is 0 Å². The highest BCUT2D eigenvalue weighted by Gasteiger charge is 2.12. The predicted octanol–water partition coefficient (Wildman–Crippen LogP) is 1.54. The second kappa shape index (κ2) is 4.09. The Bertz CT molecular complexity index is 365. The minimum absolute atomic E-state index is 0.0239. The standard InChI is InChI=1S/C10H13NO3/c1-6-10(7(2)12)8(5-11-6)3-4-9(13)14/h5,11H,3-4H2,1-2H3,(H,13,14)/i11+1. The average molecular weight is 196 g/mol. The van der Waals surface area contributed by atoms with Crippen LogP contribution in [0.4, 0.5) is 0 Å². The number of Topliss-reactive ketones (excluding diaryl/α,β-unsaturated/α-hetero) is 1. The Morgan fingerprint density at radius 3 is 2.64 bits per heavy atom. The van der Waals surface area contributed by atoms with Crippen LogP contribution >= 0.6 is 0 Å². The third kappa shape index (κ3) is 2.22. The number of aromatic amines is 1. The predicted molar refractivity (Wildman–Crippen MR) is 51.5 cm³/mol. The smallest absolute Gasteiger partial charge is 0.303 e. The molecule has 0 atom stereocenters. The number of nitrogens with one attached hydrogen (secondary N) is 1. The zero-order valence-corrected chi connectivity index (χ0v) is 8.26. The fourth-order valence-corrected chi connectivity index (χ4v) is 1.51. The quantitative estimate of drug-likeness (QED) is 0.717. The van der Waals surface area contributed by atoms with Crippen molar-refractivity contribution in [2.75, 3.05) is 0 Å². The van der Waals surface area contributed by atoms with Crippen LogP contribution in [0.1, 0.15) is 35.0 Å². The summed E-state index contributed by atoms with van der Waals surface area (Å²) in [5, 5.41) is 8.52. The lowest BCUT2D eigenvalue weighted by atomic mass is 10.0. The van der Waals surface area contributed by atoms with Gasteiger partial charge < -0.3 is 10.1 Å². The number of carbonyl (C=O) groups is 2. The van der Waals surface area contributed by atoms with Crippen LogP contribution in [-0.2, 0) is 11.2 Å². The number of carbonyl (C=O) groups excluding carboxylic acids is 1. The summed E-state index contributed by atoms with van der Waals surface area (Å²) in [6.45, 7) is 3.29. The van der Waals surface area contributed by atoms with Crippen molar-refractivity contribution in [1.29, 1.82) is 0 Å². The van der Waals surface area contributed by atoms with Gasteiger partial charge >= 0.3 is 5.97 Å². The largest absolute Gasteiger partial charge is 0.481 e. The molecule has 4 nitrogen and oxygen atoms in total. The molecule has 1 heterocycles. The molecule has 0 fully saturated rings. The van der Waals surface area contributed by atoms with E-state index in [2.05, 4.69) is 4.98 Å². The van der Waals surface area contributed by atoms with E-state index in [1.54, 1.807) is 13.1 Å². The molecule has 0 aliphatic carbocycles. The maximum Gasteiger partial charge on any atom is 0.303 e. The first-order valence-corrected chi connectivity index (χ1v) is 4.42. The van der Waals surface area contributed by atoms with Gasteiger partial charge in [-0.25, -0.2) is 0 Å². The van der Waals surface area contributed by atoms with Crippen molar-refractivity contribution in [3.8, 4) is 0 Å². The van der Waals surface area contributed by atoms with Crippen molar-refractivity contribution in [2.45, 2.75) is 26.7 Å². The molecular formula is C10H13NO3. The van der Waals surface area contributed by atoms with Gasteiger partial charge in [0.05, 0.1) is 0 Å². The highest BCUT2D eigenvalue weighted by atomic mass is 16.4. The number of aromatic nitrogens is 1. The summed E-state index contributed by atoms with van der Waals surface area (Å²) in [6, 6.07) is 0. The van der Waals surface area contributed by atoms with E-state index in [9.17, 15) is 9.59 Å². The first-order valence-electron chi connectivity index (χ1n) is 4.42. The summed E-state index contributed by atoms with van der Waals surface area (Å²) in [4.78, 5) is 24.5. The Morgan fingerprint density at radius 2 is 2.14 bits per heavy atom. The molecule has 14 heavy (non-hydrogen) atoms. The molecule has 0 aromatic carbocycles. The first-order chi connectivity index (χ1) is 6.52. The third-order valence-electron chi connectivity index (χ3n) is 2.12. The summed E-state index contributed by atoms with van der Waals surface area (Å²) < 4.78 is 0. The van der Waals surface area contributed by atoms with Gasteiger partial charge in [-0.15, -0.1) is 0 Å². The summed E-state index contributed by atoms with van der Waals surface area (Å²) in [5.74, 6) is -0.873. The molecule has 0 saturated carbocycles. The van der Waals surface area contributed by atoms with Crippen molar-refractivity contribution in [3.63, 3.8) is 0 Å².